The molecule has 2 heterocycles. The fraction of sp³-hybridized carbons (Fsp3) is 0.286. The zero-order chi connectivity index (χ0) is 16.4. The van der Waals surface area contributed by atoms with Gasteiger partial charge in [-0.15, -0.1) is 13.2 Å². The smallest absolute Gasteiger partial charge is 0.478 e. The Morgan fingerprint density at radius 3 is 2.70 bits per heavy atom. The summed E-state index contributed by atoms with van der Waals surface area (Å²) in [5, 5.41) is 6.67. The van der Waals surface area contributed by atoms with Crippen molar-refractivity contribution in [1.82, 2.24) is 9.78 Å². The van der Waals surface area contributed by atoms with Crippen molar-refractivity contribution < 1.29 is 27.4 Å². The van der Waals surface area contributed by atoms with Crippen LogP contribution < -0.4 is 14.8 Å². The Kier molecular flexibility index (Phi) is 3.85. The monoisotopic (exact) mass is 327 g/mol. The van der Waals surface area contributed by atoms with Gasteiger partial charge in [-0.25, -0.2) is 4.68 Å². The number of carbonyl (C=O) groups is 1. The number of amides is 1. The summed E-state index contributed by atoms with van der Waals surface area (Å²) in [6.45, 7) is 1.25. The van der Waals surface area contributed by atoms with Crippen molar-refractivity contribution in [3.8, 4) is 11.6 Å². The van der Waals surface area contributed by atoms with E-state index in [9.17, 15) is 18.0 Å². The summed E-state index contributed by atoms with van der Waals surface area (Å²) < 4.78 is 46.9. The van der Waals surface area contributed by atoms with Crippen LogP contribution in [0.4, 0.5) is 18.9 Å². The van der Waals surface area contributed by atoms with Crippen LogP contribution in [0.5, 0.6) is 11.6 Å². The summed E-state index contributed by atoms with van der Waals surface area (Å²) in [6, 6.07) is 6.38. The second kappa shape index (κ2) is 5.82. The summed E-state index contributed by atoms with van der Waals surface area (Å²) >= 11 is 0. The number of ether oxygens (including phenoxy) is 2. The molecule has 1 aliphatic heterocycles. The van der Waals surface area contributed by atoms with Crippen LogP contribution in [0.25, 0.3) is 0 Å². The minimum absolute atomic E-state index is 0.178. The third-order valence-corrected chi connectivity index (χ3v) is 3.09. The SMILES string of the molecule is O=C(Nc1ccc(OC(F)(F)F)cc1)c1cc2n(n1)CCCO2. The molecule has 2 aromatic rings. The fourth-order valence-corrected chi connectivity index (χ4v) is 2.11. The van der Waals surface area contributed by atoms with Gasteiger partial charge in [-0.05, 0) is 24.3 Å². The molecule has 0 fully saturated rings. The largest absolute Gasteiger partial charge is 0.573 e. The molecule has 1 amide bonds. The topological polar surface area (TPSA) is 65.4 Å². The van der Waals surface area contributed by atoms with Gasteiger partial charge in [0, 0.05) is 24.7 Å². The second-order valence-corrected chi connectivity index (χ2v) is 4.82. The fourth-order valence-electron chi connectivity index (χ4n) is 2.11. The molecular weight excluding hydrogens is 315 g/mol. The lowest BCUT2D eigenvalue weighted by molar-refractivity contribution is -0.274. The van der Waals surface area contributed by atoms with E-state index < -0.39 is 12.3 Å². The van der Waals surface area contributed by atoms with Crippen LogP contribution in [-0.4, -0.2) is 28.7 Å². The summed E-state index contributed by atoms with van der Waals surface area (Å²) in [5.41, 5.74) is 0.508. The van der Waals surface area contributed by atoms with E-state index in [4.69, 9.17) is 4.74 Å². The summed E-state index contributed by atoms with van der Waals surface area (Å²) in [7, 11) is 0. The third kappa shape index (κ3) is 3.74. The molecule has 9 heteroatoms. The third-order valence-electron chi connectivity index (χ3n) is 3.09. The highest BCUT2D eigenvalue weighted by atomic mass is 19.4. The minimum atomic E-state index is -4.75. The van der Waals surface area contributed by atoms with Crippen molar-refractivity contribution in [2.45, 2.75) is 19.3 Å². The number of fused-ring (bicyclic) bond motifs is 1. The number of aryl methyl sites for hydroxylation is 1. The number of hydrogen-bond donors (Lipinski definition) is 1. The summed E-state index contributed by atoms with van der Waals surface area (Å²) in [4.78, 5) is 12.1. The van der Waals surface area contributed by atoms with Gasteiger partial charge in [0.05, 0.1) is 6.61 Å². The minimum Gasteiger partial charge on any atom is -0.478 e. The van der Waals surface area contributed by atoms with E-state index in [0.717, 1.165) is 18.6 Å². The predicted molar refractivity (Wildman–Crippen MR) is 73.4 cm³/mol. The first kappa shape index (κ1) is 15.2. The molecule has 0 atom stereocenters. The number of benzene rings is 1. The average Bonchev–Trinajstić information content (AvgIpc) is 2.92. The van der Waals surface area contributed by atoms with E-state index in [1.165, 1.54) is 18.2 Å². The Morgan fingerprint density at radius 2 is 2.04 bits per heavy atom. The van der Waals surface area contributed by atoms with Crippen LogP contribution >= 0.6 is 0 Å². The van der Waals surface area contributed by atoms with Crippen molar-refractivity contribution in [3.05, 3.63) is 36.0 Å². The molecule has 1 N–H and O–H groups in total. The summed E-state index contributed by atoms with van der Waals surface area (Å²) in [5.74, 6) is -0.309. The molecule has 0 radical (unpaired) electrons. The molecule has 23 heavy (non-hydrogen) atoms. The van der Waals surface area contributed by atoms with Crippen molar-refractivity contribution >= 4 is 11.6 Å². The van der Waals surface area contributed by atoms with Crippen LogP contribution in [0, 0.1) is 0 Å². The molecular formula is C14H12F3N3O3. The Hall–Kier alpha value is -2.71. The van der Waals surface area contributed by atoms with E-state index in [-0.39, 0.29) is 11.4 Å². The zero-order valence-electron chi connectivity index (χ0n) is 11.8. The van der Waals surface area contributed by atoms with Crippen molar-refractivity contribution in [1.29, 1.82) is 0 Å². The molecule has 0 saturated carbocycles. The molecule has 3 rings (SSSR count). The lowest BCUT2D eigenvalue weighted by Gasteiger charge is -2.13. The van der Waals surface area contributed by atoms with Crippen molar-refractivity contribution in [3.63, 3.8) is 0 Å². The van der Waals surface area contributed by atoms with E-state index in [2.05, 4.69) is 15.2 Å². The number of nitrogens with zero attached hydrogens (tertiary/aromatic N) is 2. The van der Waals surface area contributed by atoms with Crippen molar-refractivity contribution in [2.75, 3.05) is 11.9 Å². The maximum Gasteiger partial charge on any atom is 0.573 e. The van der Waals surface area contributed by atoms with Crippen molar-refractivity contribution in [2.24, 2.45) is 0 Å². The van der Waals surface area contributed by atoms with Gasteiger partial charge in [0.2, 0.25) is 5.88 Å². The molecule has 6 nitrogen and oxygen atoms in total. The van der Waals surface area contributed by atoms with Crippen LogP contribution in [0.3, 0.4) is 0 Å². The molecule has 122 valence electrons. The van der Waals surface area contributed by atoms with Crippen LogP contribution in [-0.2, 0) is 6.54 Å². The van der Waals surface area contributed by atoms with Crippen LogP contribution in [0.2, 0.25) is 0 Å². The predicted octanol–water partition coefficient (Wildman–Crippen LogP) is 2.82. The van der Waals surface area contributed by atoms with Gasteiger partial charge < -0.3 is 14.8 Å². The van der Waals surface area contributed by atoms with E-state index in [0.29, 0.717) is 24.7 Å². The first-order valence-electron chi connectivity index (χ1n) is 6.78. The molecule has 0 bridgehead atoms. The molecule has 0 saturated heterocycles. The number of alkyl halides is 3. The Balaban J connectivity index is 1.67. The number of rotatable bonds is 3. The molecule has 0 spiro atoms. The summed E-state index contributed by atoms with van der Waals surface area (Å²) in [6.07, 6.45) is -3.93. The van der Waals surface area contributed by atoms with Crippen LogP contribution in [0.15, 0.2) is 30.3 Å². The van der Waals surface area contributed by atoms with Gasteiger partial charge in [-0.1, -0.05) is 0 Å². The molecule has 0 aliphatic carbocycles. The molecule has 1 aromatic heterocycles. The Labute approximate surface area is 128 Å². The van der Waals surface area contributed by atoms with Gasteiger partial charge in [0.25, 0.3) is 5.91 Å². The number of nitrogens with one attached hydrogen (secondary N) is 1. The number of anilines is 1. The maximum absolute atomic E-state index is 12.1. The van der Waals surface area contributed by atoms with E-state index >= 15 is 0 Å². The molecule has 1 aliphatic rings. The highest BCUT2D eigenvalue weighted by Gasteiger charge is 2.31. The van der Waals surface area contributed by atoms with E-state index in [1.54, 1.807) is 4.68 Å². The normalized spacial score (nSPS) is 13.9. The Bertz CT molecular complexity index is 687. The van der Waals surface area contributed by atoms with Gasteiger partial charge in [0.1, 0.15) is 5.75 Å². The van der Waals surface area contributed by atoms with Gasteiger partial charge >= 0.3 is 6.36 Å². The number of hydrogen-bond acceptors (Lipinski definition) is 4. The average molecular weight is 327 g/mol. The first-order valence-corrected chi connectivity index (χ1v) is 6.78. The highest BCUT2D eigenvalue weighted by Crippen LogP contribution is 2.24. The number of halogens is 3. The second-order valence-electron chi connectivity index (χ2n) is 4.82. The Morgan fingerprint density at radius 1 is 1.30 bits per heavy atom. The van der Waals surface area contributed by atoms with Gasteiger partial charge in [-0.2, -0.15) is 5.10 Å². The quantitative estimate of drug-likeness (QED) is 0.941. The van der Waals surface area contributed by atoms with Crippen LogP contribution in [0.1, 0.15) is 16.9 Å². The number of aromatic nitrogens is 2. The lowest BCUT2D eigenvalue weighted by Crippen LogP contribution is -2.17. The molecule has 1 aromatic carbocycles. The zero-order valence-corrected chi connectivity index (χ0v) is 11.8. The van der Waals surface area contributed by atoms with Gasteiger partial charge in [-0.3, -0.25) is 4.79 Å². The van der Waals surface area contributed by atoms with E-state index in [1.807, 2.05) is 0 Å². The molecule has 0 unspecified atom stereocenters. The maximum atomic E-state index is 12.1. The standard InChI is InChI=1S/C14H12F3N3O3/c15-14(16,17)23-10-4-2-9(3-5-10)18-13(21)11-8-12-20(19-11)6-1-7-22-12/h2-5,8H,1,6-7H2,(H,18,21). The first-order chi connectivity index (χ1) is 10.9. The number of carbonyl (C=O) groups excluding carboxylic acids is 1. The highest BCUT2D eigenvalue weighted by molar-refractivity contribution is 6.03. The van der Waals surface area contributed by atoms with Gasteiger partial charge in [0.15, 0.2) is 5.69 Å². The lowest BCUT2D eigenvalue weighted by atomic mass is 10.3.